The molecule has 0 radical (unpaired) electrons. The van der Waals surface area contributed by atoms with Gasteiger partial charge >= 0.3 is 0 Å². The summed E-state index contributed by atoms with van der Waals surface area (Å²) in [6, 6.07) is 0.633. The lowest BCUT2D eigenvalue weighted by atomic mass is 10.1. The van der Waals surface area contributed by atoms with Crippen molar-refractivity contribution in [1.29, 1.82) is 0 Å². The van der Waals surface area contributed by atoms with Crippen LogP contribution in [0.15, 0.2) is 0 Å². The highest BCUT2D eigenvalue weighted by Crippen LogP contribution is 2.14. The van der Waals surface area contributed by atoms with Gasteiger partial charge in [-0.2, -0.15) is 0 Å². The molecule has 0 aromatic rings. The summed E-state index contributed by atoms with van der Waals surface area (Å²) in [7, 11) is 2.17. The zero-order valence-electron chi connectivity index (χ0n) is 6.34. The molecule has 2 heterocycles. The third-order valence-corrected chi connectivity index (χ3v) is 2.47. The van der Waals surface area contributed by atoms with Gasteiger partial charge in [0.2, 0.25) is 0 Å². The summed E-state index contributed by atoms with van der Waals surface area (Å²) in [5.41, 5.74) is 0. The van der Waals surface area contributed by atoms with Crippen molar-refractivity contribution in [2.24, 2.45) is 0 Å². The first-order valence-electron chi connectivity index (χ1n) is 3.90. The molecule has 2 rings (SSSR count). The van der Waals surface area contributed by atoms with Crippen LogP contribution in [0.5, 0.6) is 0 Å². The average molecular weight is 142 g/mol. The van der Waals surface area contributed by atoms with Gasteiger partial charge in [-0.1, -0.05) is 0 Å². The number of ether oxygens (including phenoxy) is 1. The molecule has 2 fully saturated rings. The fourth-order valence-corrected chi connectivity index (χ4v) is 1.76. The molecule has 0 spiro atoms. The minimum atomic E-state index is 0.457. The molecule has 1 N–H and O–H groups in total. The van der Waals surface area contributed by atoms with Crippen molar-refractivity contribution in [3.8, 4) is 0 Å². The summed E-state index contributed by atoms with van der Waals surface area (Å²) in [4.78, 5) is 2.38. The van der Waals surface area contributed by atoms with Crippen LogP contribution in [0.4, 0.5) is 0 Å². The van der Waals surface area contributed by atoms with Gasteiger partial charge in [-0.25, -0.2) is 0 Å². The molecule has 0 amide bonds. The Bertz CT molecular complexity index is 129. The van der Waals surface area contributed by atoms with Crippen molar-refractivity contribution in [1.82, 2.24) is 10.2 Å². The number of nitrogens with one attached hydrogen (secondary N) is 1. The third kappa shape index (κ3) is 0.944. The normalized spacial score (nSPS) is 41.7. The second-order valence-electron chi connectivity index (χ2n) is 3.12. The van der Waals surface area contributed by atoms with Crippen LogP contribution < -0.4 is 5.32 Å². The number of fused-ring (bicyclic) bond motifs is 1. The Balaban J connectivity index is 2.03. The molecule has 2 saturated heterocycles. The van der Waals surface area contributed by atoms with Crippen LogP contribution in [0, 0.1) is 0 Å². The fraction of sp³-hybridized carbons (Fsp3) is 1.00. The minimum absolute atomic E-state index is 0.457. The molecule has 2 aliphatic heterocycles. The average Bonchev–Trinajstić information content (AvgIpc) is 2.36. The highest BCUT2D eigenvalue weighted by molar-refractivity contribution is 4.90. The predicted octanol–water partition coefficient (Wildman–Crippen LogP) is -0.711. The zero-order valence-corrected chi connectivity index (χ0v) is 6.34. The predicted molar refractivity (Wildman–Crippen MR) is 39.0 cm³/mol. The zero-order chi connectivity index (χ0) is 6.97. The number of likely N-dealkylation sites (N-methyl/N-ethyl adjacent to an activating group) is 1. The third-order valence-electron chi connectivity index (χ3n) is 2.47. The highest BCUT2D eigenvalue weighted by Gasteiger charge is 2.33. The lowest BCUT2D eigenvalue weighted by Gasteiger charge is -2.33. The van der Waals surface area contributed by atoms with E-state index in [0.29, 0.717) is 12.1 Å². The maximum atomic E-state index is 5.57. The van der Waals surface area contributed by atoms with Gasteiger partial charge in [0.05, 0.1) is 12.7 Å². The lowest BCUT2D eigenvalue weighted by Crippen LogP contribution is -2.48. The summed E-state index contributed by atoms with van der Waals surface area (Å²) in [6.07, 6.45) is 0.457. The van der Waals surface area contributed by atoms with Gasteiger partial charge in [-0.15, -0.1) is 0 Å². The maximum absolute atomic E-state index is 5.57. The second kappa shape index (κ2) is 2.49. The molecule has 0 bridgehead atoms. The first-order chi connectivity index (χ1) is 4.88. The molecule has 1 unspecified atom stereocenters. The van der Waals surface area contributed by atoms with Crippen LogP contribution in [-0.2, 0) is 4.74 Å². The molecule has 58 valence electrons. The summed E-state index contributed by atoms with van der Waals surface area (Å²) in [5, 5.41) is 3.33. The summed E-state index contributed by atoms with van der Waals surface area (Å²) >= 11 is 0. The van der Waals surface area contributed by atoms with E-state index in [1.807, 2.05) is 0 Å². The van der Waals surface area contributed by atoms with Gasteiger partial charge in [0.25, 0.3) is 0 Å². The standard InChI is InChI=1S/C7H14N2O/c1-9-2-3-10-7-5-8-4-6(7)9/h6-8H,2-5H2,1H3/t6-,7?/m0/s1. The number of hydrogen-bond acceptors (Lipinski definition) is 3. The van der Waals surface area contributed by atoms with Crippen molar-refractivity contribution >= 4 is 0 Å². The first-order valence-corrected chi connectivity index (χ1v) is 3.90. The Labute approximate surface area is 61.3 Å². The maximum Gasteiger partial charge on any atom is 0.0867 e. The van der Waals surface area contributed by atoms with Gasteiger partial charge in [-0.3, -0.25) is 4.90 Å². The van der Waals surface area contributed by atoms with Crippen LogP contribution in [0.3, 0.4) is 0 Å². The fourth-order valence-electron chi connectivity index (χ4n) is 1.76. The Hall–Kier alpha value is -0.120. The van der Waals surface area contributed by atoms with E-state index in [0.717, 1.165) is 26.2 Å². The molecule has 0 aromatic heterocycles. The van der Waals surface area contributed by atoms with Crippen LogP contribution in [0.1, 0.15) is 0 Å². The summed E-state index contributed by atoms with van der Waals surface area (Å²) in [5.74, 6) is 0. The molecule has 0 aromatic carbocycles. The van der Waals surface area contributed by atoms with Gasteiger partial charge in [-0.05, 0) is 7.05 Å². The molecule has 3 heteroatoms. The van der Waals surface area contributed by atoms with E-state index in [9.17, 15) is 0 Å². The Morgan fingerprint density at radius 2 is 2.40 bits per heavy atom. The number of hydrogen-bond donors (Lipinski definition) is 1. The Kier molecular flexibility index (Phi) is 1.64. The molecule has 0 aliphatic carbocycles. The largest absolute Gasteiger partial charge is 0.374 e. The second-order valence-corrected chi connectivity index (χ2v) is 3.12. The van der Waals surface area contributed by atoms with Gasteiger partial charge in [0.15, 0.2) is 0 Å². The van der Waals surface area contributed by atoms with Gasteiger partial charge in [0, 0.05) is 25.7 Å². The van der Waals surface area contributed by atoms with E-state index < -0.39 is 0 Å². The smallest absolute Gasteiger partial charge is 0.0867 e. The van der Waals surface area contributed by atoms with Crippen molar-refractivity contribution < 1.29 is 4.74 Å². The van der Waals surface area contributed by atoms with Gasteiger partial charge in [0.1, 0.15) is 0 Å². The molecule has 3 nitrogen and oxygen atoms in total. The molecular weight excluding hydrogens is 128 g/mol. The molecular formula is C7H14N2O. The lowest BCUT2D eigenvalue weighted by molar-refractivity contribution is -0.0363. The van der Waals surface area contributed by atoms with Crippen molar-refractivity contribution in [2.45, 2.75) is 12.1 Å². The van der Waals surface area contributed by atoms with E-state index in [-0.39, 0.29) is 0 Å². The van der Waals surface area contributed by atoms with Crippen LogP contribution in [0.2, 0.25) is 0 Å². The van der Waals surface area contributed by atoms with E-state index in [4.69, 9.17) is 4.74 Å². The molecule has 0 saturated carbocycles. The van der Waals surface area contributed by atoms with E-state index in [1.165, 1.54) is 0 Å². The van der Waals surface area contributed by atoms with Crippen LogP contribution in [-0.4, -0.2) is 50.3 Å². The van der Waals surface area contributed by atoms with Gasteiger partial charge < -0.3 is 10.1 Å². The number of morpholine rings is 1. The minimum Gasteiger partial charge on any atom is -0.374 e. The van der Waals surface area contributed by atoms with Crippen molar-refractivity contribution in [3.05, 3.63) is 0 Å². The highest BCUT2D eigenvalue weighted by atomic mass is 16.5. The van der Waals surface area contributed by atoms with Crippen molar-refractivity contribution in [3.63, 3.8) is 0 Å². The number of rotatable bonds is 0. The first kappa shape index (κ1) is 6.58. The SMILES string of the molecule is CN1CCOC2CNC[C@@H]21. The Morgan fingerprint density at radius 3 is 3.20 bits per heavy atom. The molecule has 2 aliphatic rings. The van der Waals surface area contributed by atoms with Crippen molar-refractivity contribution in [2.75, 3.05) is 33.3 Å². The quantitative estimate of drug-likeness (QED) is 0.483. The van der Waals surface area contributed by atoms with E-state index in [2.05, 4.69) is 17.3 Å². The molecule has 2 atom stereocenters. The van der Waals surface area contributed by atoms with Crippen LogP contribution in [0.25, 0.3) is 0 Å². The topological polar surface area (TPSA) is 24.5 Å². The van der Waals surface area contributed by atoms with E-state index in [1.54, 1.807) is 0 Å². The monoisotopic (exact) mass is 142 g/mol. The Morgan fingerprint density at radius 1 is 1.50 bits per heavy atom. The summed E-state index contributed by atoms with van der Waals surface area (Å²) < 4.78 is 5.57. The summed E-state index contributed by atoms with van der Waals surface area (Å²) in [6.45, 7) is 4.12. The molecule has 10 heavy (non-hydrogen) atoms. The van der Waals surface area contributed by atoms with Crippen LogP contribution >= 0.6 is 0 Å². The number of nitrogens with zero attached hydrogens (tertiary/aromatic N) is 1. The van der Waals surface area contributed by atoms with E-state index >= 15 is 0 Å².